The van der Waals surface area contributed by atoms with Gasteiger partial charge in [0.25, 0.3) is 0 Å². The summed E-state index contributed by atoms with van der Waals surface area (Å²) in [7, 11) is 0. The van der Waals surface area contributed by atoms with Crippen LogP contribution in [0.2, 0.25) is 0 Å². The highest BCUT2D eigenvalue weighted by molar-refractivity contribution is 6.01. The number of carbonyl (C=O) groups is 1. The Morgan fingerprint density at radius 1 is 1.14 bits per heavy atom. The van der Waals surface area contributed by atoms with Crippen LogP contribution < -0.4 is 4.90 Å². The Labute approximate surface area is 120 Å². The lowest BCUT2D eigenvalue weighted by Crippen LogP contribution is -2.28. The van der Waals surface area contributed by atoms with Gasteiger partial charge in [0.05, 0.1) is 12.1 Å². The number of benzene rings is 2. The molecule has 0 aromatic heterocycles. The minimum atomic E-state index is -0.580. The van der Waals surface area contributed by atoms with Crippen LogP contribution in [0.3, 0.4) is 0 Å². The maximum absolute atomic E-state index is 13.3. The summed E-state index contributed by atoms with van der Waals surface area (Å²) in [5.74, 6) is -1.59. The molecule has 0 bridgehead atoms. The van der Waals surface area contributed by atoms with E-state index in [0.717, 1.165) is 30.2 Å². The number of hydrogen-bond acceptors (Lipinski definition) is 3. The number of rotatable bonds is 3. The largest absolute Gasteiger partial charge is 0.507 e. The van der Waals surface area contributed by atoms with Crippen LogP contribution in [-0.4, -0.2) is 24.0 Å². The van der Waals surface area contributed by atoms with Gasteiger partial charge in [-0.05, 0) is 42.3 Å². The molecule has 1 aliphatic rings. The Bertz CT molecular complexity index is 715. The molecule has 0 amide bonds. The average Bonchev–Trinajstić information content (AvgIpc) is 2.84. The maximum atomic E-state index is 13.3. The van der Waals surface area contributed by atoms with Crippen molar-refractivity contribution in [2.45, 2.75) is 6.42 Å². The summed E-state index contributed by atoms with van der Waals surface area (Å²) in [6.45, 7) is 0.577. The zero-order valence-corrected chi connectivity index (χ0v) is 11.1. The number of ketones is 1. The summed E-state index contributed by atoms with van der Waals surface area (Å²) in [4.78, 5) is 13.9. The van der Waals surface area contributed by atoms with Crippen molar-refractivity contribution in [1.29, 1.82) is 0 Å². The zero-order chi connectivity index (χ0) is 15.0. The van der Waals surface area contributed by atoms with Crippen LogP contribution in [0.5, 0.6) is 5.75 Å². The van der Waals surface area contributed by atoms with Gasteiger partial charge < -0.3 is 10.0 Å². The van der Waals surface area contributed by atoms with E-state index in [9.17, 15) is 18.7 Å². The van der Waals surface area contributed by atoms with Gasteiger partial charge in [-0.15, -0.1) is 0 Å². The topological polar surface area (TPSA) is 40.5 Å². The number of halogens is 2. The Balaban J connectivity index is 1.84. The van der Waals surface area contributed by atoms with Gasteiger partial charge in [-0.1, -0.05) is 6.07 Å². The summed E-state index contributed by atoms with van der Waals surface area (Å²) >= 11 is 0. The highest BCUT2D eigenvalue weighted by atomic mass is 19.1. The third-order valence-electron chi connectivity index (χ3n) is 3.63. The van der Waals surface area contributed by atoms with Crippen LogP contribution in [0.4, 0.5) is 14.5 Å². The second kappa shape index (κ2) is 5.16. The number of Topliss-reactive ketones (excluding diaryl/α,β-unsaturated/α-hetero) is 1. The van der Waals surface area contributed by atoms with Crippen molar-refractivity contribution in [1.82, 2.24) is 0 Å². The van der Waals surface area contributed by atoms with E-state index in [1.54, 1.807) is 11.0 Å². The molecule has 3 rings (SSSR count). The van der Waals surface area contributed by atoms with Crippen molar-refractivity contribution in [2.75, 3.05) is 18.0 Å². The molecule has 1 heterocycles. The molecule has 0 saturated heterocycles. The zero-order valence-electron chi connectivity index (χ0n) is 11.1. The molecule has 108 valence electrons. The standard InChI is InChI=1S/C16H13F2NO2/c17-11-3-4-15(20)13(7-11)16(21)9-19-6-5-10-1-2-12(18)8-14(10)19/h1-4,7-8,20H,5-6,9H2. The molecule has 0 atom stereocenters. The number of nitrogens with zero attached hydrogens (tertiary/aromatic N) is 1. The van der Waals surface area contributed by atoms with E-state index in [4.69, 9.17) is 0 Å². The molecule has 0 aliphatic carbocycles. The van der Waals surface area contributed by atoms with Crippen molar-refractivity contribution < 1.29 is 18.7 Å². The second-order valence-electron chi connectivity index (χ2n) is 5.03. The fourth-order valence-electron chi connectivity index (χ4n) is 2.57. The SMILES string of the molecule is O=C(CN1CCc2ccc(F)cc21)c1cc(F)ccc1O. The number of hydrogen-bond donors (Lipinski definition) is 1. The third-order valence-corrected chi connectivity index (χ3v) is 3.63. The van der Waals surface area contributed by atoms with Crippen LogP contribution in [0.15, 0.2) is 36.4 Å². The van der Waals surface area contributed by atoms with Gasteiger partial charge in [0.1, 0.15) is 17.4 Å². The molecular formula is C16H13F2NO2. The normalized spacial score (nSPS) is 13.3. The van der Waals surface area contributed by atoms with Gasteiger partial charge in [-0.25, -0.2) is 8.78 Å². The molecule has 0 spiro atoms. The van der Waals surface area contributed by atoms with Gasteiger partial charge in [-0.2, -0.15) is 0 Å². The Morgan fingerprint density at radius 2 is 1.86 bits per heavy atom. The van der Waals surface area contributed by atoms with Crippen molar-refractivity contribution in [3.05, 3.63) is 59.2 Å². The van der Waals surface area contributed by atoms with Crippen molar-refractivity contribution in [2.24, 2.45) is 0 Å². The number of fused-ring (bicyclic) bond motifs is 1. The monoisotopic (exact) mass is 289 g/mol. The van der Waals surface area contributed by atoms with E-state index in [0.29, 0.717) is 12.2 Å². The molecule has 0 saturated carbocycles. The fraction of sp³-hybridized carbons (Fsp3) is 0.188. The first-order valence-corrected chi connectivity index (χ1v) is 6.59. The molecule has 0 radical (unpaired) electrons. The van der Waals surface area contributed by atoms with Crippen LogP contribution in [-0.2, 0) is 6.42 Å². The molecule has 21 heavy (non-hydrogen) atoms. The van der Waals surface area contributed by atoms with Crippen LogP contribution in [0.1, 0.15) is 15.9 Å². The van der Waals surface area contributed by atoms with Gasteiger partial charge in [0.15, 0.2) is 5.78 Å². The number of phenols is 1. The number of phenolic OH excluding ortho intramolecular Hbond substituents is 1. The second-order valence-corrected chi connectivity index (χ2v) is 5.03. The smallest absolute Gasteiger partial charge is 0.185 e. The van der Waals surface area contributed by atoms with Crippen molar-refractivity contribution in [3.63, 3.8) is 0 Å². The Morgan fingerprint density at radius 3 is 2.67 bits per heavy atom. The first kappa shape index (κ1) is 13.5. The maximum Gasteiger partial charge on any atom is 0.185 e. The molecule has 2 aromatic rings. The van der Waals surface area contributed by atoms with E-state index in [-0.39, 0.29) is 23.7 Å². The van der Waals surface area contributed by atoms with Crippen molar-refractivity contribution in [3.8, 4) is 5.75 Å². The molecule has 3 nitrogen and oxygen atoms in total. The summed E-state index contributed by atoms with van der Waals surface area (Å²) in [5.41, 5.74) is 1.60. The first-order chi connectivity index (χ1) is 10.0. The van der Waals surface area contributed by atoms with E-state index in [2.05, 4.69) is 0 Å². The van der Waals surface area contributed by atoms with Crippen molar-refractivity contribution >= 4 is 11.5 Å². The van der Waals surface area contributed by atoms with E-state index < -0.39 is 11.6 Å². The van der Waals surface area contributed by atoms with Crippen LogP contribution in [0, 0.1) is 11.6 Å². The molecule has 0 unspecified atom stereocenters. The summed E-state index contributed by atoms with van der Waals surface area (Å²) in [6, 6.07) is 7.74. The molecule has 1 N–H and O–H groups in total. The minimum absolute atomic E-state index is 0.0204. The first-order valence-electron chi connectivity index (χ1n) is 6.59. The molecule has 0 fully saturated rings. The van der Waals surface area contributed by atoms with E-state index in [1.165, 1.54) is 12.1 Å². The third kappa shape index (κ3) is 2.59. The highest BCUT2D eigenvalue weighted by Gasteiger charge is 2.23. The summed E-state index contributed by atoms with van der Waals surface area (Å²) in [5, 5.41) is 9.65. The average molecular weight is 289 g/mol. The number of anilines is 1. The van der Waals surface area contributed by atoms with Crippen LogP contribution in [0.25, 0.3) is 0 Å². The molecule has 1 aliphatic heterocycles. The van der Waals surface area contributed by atoms with Gasteiger partial charge in [0, 0.05) is 12.2 Å². The summed E-state index contributed by atoms with van der Waals surface area (Å²) in [6.07, 6.45) is 0.734. The quantitative estimate of drug-likeness (QED) is 0.883. The lowest BCUT2D eigenvalue weighted by molar-refractivity contribution is 0.0996. The molecular weight excluding hydrogens is 276 g/mol. The predicted molar refractivity (Wildman–Crippen MR) is 74.7 cm³/mol. The van der Waals surface area contributed by atoms with Gasteiger partial charge in [0.2, 0.25) is 0 Å². The Hall–Kier alpha value is -2.43. The number of aromatic hydroxyl groups is 1. The summed E-state index contributed by atoms with van der Waals surface area (Å²) < 4.78 is 26.5. The Kier molecular flexibility index (Phi) is 3.33. The van der Waals surface area contributed by atoms with E-state index in [1.807, 2.05) is 0 Å². The van der Waals surface area contributed by atoms with E-state index >= 15 is 0 Å². The fourth-order valence-corrected chi connectivity index (χ4v) is 2.57. The lowest BCUT2D eigenvalue weighted by atomic mass is 10.1. The molecule has 5 heteroatoms. The minimum Gasteiger partial charge on any atom is -0.507 e. The van der Waals surface area contributed by atoms with Crippen LogP contribution >= 0.6 is 0 Å². The predicted octanol–water partition coefficient (Wildman–Crippen LogP) is 2.92. The van der Waals surface area contributed by atoms with Gasteiger partial charge in [-0.3, -0.25) is 4.79 Å². The number of carbonyl (C=O) groups excluding carboxylic acids is 1. The molecule has 2 aromatic carbocycles. The van der Waals surface area contributed by atoms with Gasteiger partial charge >= 0.3 is 0 Å². The highest BCUT2D eigenvalue weighted by Crippen LogP contribution is 2.29. The lowest BCUT2D eigenvalue weighted by Gasteiger charge is -2.18.